The molecule has 1 heterocycles. The van der Waals surface area contributed by atoms with Crippen LogP contribution in [0.3, 0.4) is 0 Å². The normalized spacial score (nSPS) is 9.67. The molecule has 2 rings (SSSR count). The van der Waals surface area contributed by atoms with Gasteiger partial charge in [-0.15, -0.1) is 0 Å². The molecule has 8 heteroatoms. The number of carbonyl (C=O) groups excluding carboxylic acids is 2. The molecule has 4 N–H and O–H groups in total. The molecule has 122 valence electrons. The third-order valence-corrected chi connectivity index (χ3v) is 2.97. The van der Waals surface area contributed by atoms with E-state index in [9.17, 15) is 9.59 Å². The molecule has 2 amide bonds. The molecule has 0 unspecified atom stereocenters. The van der Waals surface area contributed by atoms with Crippen LogP contribution in [0.25, 0.3) is 0 Å². The van der Waals surface area contributed by atoms with Crippen LogP contribution in [0.1, 0.15) is 33.3 Å². The summed E-state index contributed by atoms with van der Waals surface area (Å²) in [7, 11) is 0. The number of anilines is 1. The molecule has 0 atom stereocenters. The standard InChI is InChI=1S/C16H15N5O3/c1-2-24-16-11(9-17)12(18)8-13(19-16)15(23)21-20-14(22)10-6-4-3-5-7-10/h3-8H,2H2,1H3,(H2,18,19)(H,20,22)(H,21,23). The van der Waals surface area contributed by atoms with Gasteiger partial charge < -0.3 is 10.5 Å². The lowest BCUT2D eigenvalue weighted by atomic mass is 10.2. The largest absolute Gasteiger partial charge is 0.477 e. The van der Waals surface area contributed by atoms with Gasteiger partial charge in [0.25, 0.3) is 11.8 Å². The van der Waals surface area contributed by atoms with E-state index in [1.807, 2.05) is 6.07 Å². The number of nitrogens with one attached hydrogen (secondary N) is 2. The molecule has 1 aromatic carbocycles. The van der Waals surface area contributed by atoms with Gasteiger partial charge in [0.1, 0.15) is 17.3 Å². The molecule has 0 spiro atoms. The van der Waals surface area contributed by atoms with Crippen molar-refractivity contribution in [3.8, 4) is 11.9 Å². The molecule has 0 aliphatic carbocycles. The topological polar surface area (TPSA) is 130 Å². The number of pyridine rings is 1. The molecule has 0 radical (unpaired) electrons. The maximum absolute atomic E-state index is 12.1. The minimum absolute atomic E-state index is 0.0282. The SMILES string of the molecule is CCOc1nc(C(=O)NNC(=O)c2ccccc2)cc(N)c1C#N. The Bertz CT molecular complexity index is 799. The predicted octanol–water partition coefficient (Wildman–Crippen LogP) is 1.01. The highest BCUT2D eigenvalue weighted by molar-refractivity contribution is 5.98. The maximum Gasteiger partial charge on any atom is 0.288 e. The zero-order valence-corrected chi connectivity index (χ0v) is 12.9. The van der Waals surface area contributed by atoms with Gasteiger partial charge in [-0.05, 0) is 25.1 Å². The van der Waals surface area contributed by atoms with Crippen LogP contribution in [-0.4, -0.2) is 23.4 Å². The number of nitrogens with two attached hydrogens (primary N) is 1. The Hall–Kier alpha value is -3.60. The molecule has 8 nitrogen and oxygen atoms in total. The average molecular weight is 325 g/mol. The van der Waals surface area contributed by atoms with Crippen LogP contribution in [0.4, 0.5) is 5.69 Å². The van der Waals surface area contributed by atoms with E-state index < -0.39 is 11.8 Å². The van der Waals surface area contributed by atoms with Crippen molar-refractivity contribution in [3.05, 3.63) is 53.2 Å². The van der Waals surface area contributed by atoms with Crippen LogP contribution in [-0.2, 0) is 0 Å². The van der Waals surface area contributed by atoms with Crippen LogP contribution in [0, 0.1) is 11.3 Å². The lowest BCUT2D eigenvalue weighted by Crippen LogP contribution is -2.42. The number of nitriles is 1. The van der Waals surface area contributed by atoms with Gasteiger partial charge in [-0.25, -0.2) is 4.98 Å². The van der Waals surface area contributed by atoms with Gasteiger partial charge in [0.05, 0.1) is 12.3 Å². The Morgan fingerprint density at radius 1 is 1.25 bits per heavy atom. The summed E-state index contributed by atoms with van der Waals surface area (Å²) in [6.07, 6.45) is 0. The molecule has 0 saturated carbocycles. The Kier molecular flexibility index (Phi) is 5.31. The number of amides is 2. The van der Waals surface area contributed by atoms with Crippen molar-refractivity contribution in [2.45, 2.75) is 6.92 Å². The van der Waals surface area contributed by atoms with Crippen LogP contribution in [0.15, 0.2) is 36.4 Å². The van der Waals surface area contributed by atoms with Crippen LogP contribution < -0.4 is 21.3 Å². The van der Waals surface area contributed by atoms with Crippen molar-refractivity contribution in [3.63, 3.8) is 0 Å². The number of rotatable bonds is 4. The van der Waals surface area contributed by atoms with E-state index in [0.717, 1.165) is 0 Å². The monoisotopic (exact) mass is 325 g/mol. The number of hydrazine groups is 1. The number of nitrogens with zero attached hydrogens (tertiary/aromatic N) is 2. The van der Waals surface area contributed by atoms with Gasteiger partial charge >= 0.3 is 0 Å². The van der Waals surface area contributed by atoms with Gasteiger partial charge in [0, 0.05) is 5.56 Å². The van der Waals surface area contributed by atoms with E-state index in [-0.39, 0.29) is 29.4 Å². The van der Waals surface area contributed by atoms with E-state index in [0.29, 0.717) is 5.56 Å². The lowest BCUT2D eigenvalue weighted by Gasteiger charge is -2.10. The smallest absolute Gasteiger partial charge is 0.288 e. The summed E-state index contributed by atoms with van der Waals surface area (Å²) in [6, 6.07) is 11.5. The quantitative estimate of drug-likeness (QED) is 0.719. The molecule has 0 fully saturated rings. The molecule has 2 aromatic rings. The maximum atomic E-state index is 12.1. The predicted molar refractivity (Wildman–Crippen MR) is 85.9 cm³/mol. The molecular formula is C16H15N5O3. The molecular weight excluding hydrogens is 310 g/mol. The second kappa shape index (κ2) is 7.60. The van der Waals surface area contributed by atoms with Crippen molar-refractivity contribution in [1.82, 2.24) is 15.8 Å². The van der Waals surface area contributed by atoms with E-state index >= 15 is 0 Å². The minimum Gasteiger partial charge on any atom is -0.477 e. The third-order valence-electron chi connectivity index (χ3n) is 2.97. The zero-order chi connectivity index (χ0) is 17.5. The number of benzene rings is 1. The summed E-state index contributed by atoms with van der Waals surface area (Å²) < 4.78 is 5.21. The number of hydrogen-bond acceptors (Lipinski definition) is 6. The van der Waals surface area contributed by atoms with Crippen molar-refractivity contribution in [2.75, 3.05) is 12.3 Å². The van der Waals surface area contributed by atoms with Gasteiger partial charge in [-0.1, -0.05) is 18.2 Å². The van der Waals surface area contributed by atoms with Crippen molar-refractivity contribution in [2.24, 2.45) is 0 Å². The van der Waals surface area contributed by atoms with Gasteiger partial charge in [-0.2, -0.15) is 5.26 Å². The average Bonchev–Trinajstić information content (AvgIpc) is 2.60. The molecule has 0 saturated heterocycles. The van der Waals surface area contributed by atoms with Crippen LogP contribution >= 0.6 is 0 Å². The summed E-state index contributed by atoms with van der Waals surface area (Å²) in [5.74, 6) is -1.19. The highest BCUT2D eigenvalue weighted by Crippen LogP contribution is 2.22. The van der Waals surface area contributed by atoms with Crippen LogP contribution in [0.2, 0.25) is 0 Å². The van der Waals surface area contributed by atoms with Crippen LogP contribution in [0.5, 0.6) is 5.88 Å². The van der Waals surface area contributed by atoms with Crippen molar-refractivity contribution in [1.29, 1.82) is 5.26 Å². The summed E-state index contributed by atoms with van der Waals surface area (Å²) >= 11 is 0. The second-order valence-electron chi connectivity index (χ2n) is 4.60. The van der Waals surface area contributed by atoms with Gasteiger partial charge in [0.15, 0.2) is 0 Å². The summed E-state index contributed by atoms with van der Waals surface area (Å²) in [5, 5.41) is 9.05. The Morgan fingerprint density at radius 2 is 1.92 bits per heavy atom. The Morgan fingerprint density at radius 3 is 2.54 bits per heavy atom. The van der Waals surface area contributed by atoms with Crippen molar-refractivity contribution >= 4 is 17.5 Å². The Labute approximate surface area is 138 Å². The number of nitrogen functional groups attached to an aromatic ring is 1. The van der Waals surface area contributed by atoms with Gasteiger partial charge in [-0.3, -0.25) is 20.4 Å². The lowest BCUT2D eigenvalue weighted by molar-refractivity contribution is 0.0843. The van der Waals surface area contributed by atoms with E-state index in [1.165, 1.54) is 6.07 Å². The fourth-order valence-corrected chi connectivity index (χ4v) is 1.85. The zero-order valence-electron chi connectivity index (χ0n) is 12.9. The third kappa shape index (κ3) is 3.78. The molecule has 0 bridgehead atoms. The number of aromatic nitrogens is 1. The van der Waals surface area contributed by atoms with E-state index in [4.69, 9.17) is 15.7 Å². The first-order valence-electron chi connectivity index (χ1n) is 7.06. The summed E-state index contributed by atoms with van der Waals surface area (Å²) in [4.78, 5) is 27.9. The molecule has 0 aliphatic rings. The number of hydrogen-bond donors (Lipinski definition) is 3. The van der Waals surface area contributed by atoms with Gasteiger partial charge in [0.2, 0.25) is 5.88 Å². The highest BCUT2D eigenvalue weighted by atomic mass is 16.5. The fraction of sp³-hybridized carbons (Fsp3) is 0.125. The number of carbonyl (C=O) groups is 2. The van der Waals surface area contributed by atoms with Crippen molar-refractivity contribution < 1.29 is 14.3 Å². The molecule has 1 aromatic heterocycles. The molecule has 0 aliphatic heterocycles. The van der Waals surface area contributed by atoms with E-state index in [1.54, 1.807) is 37.3 Å². The highest BCUT2D eigenvalue weighted by Gasteiger charge is 2.17. The second-order valence-corrected chi connectivity index (χ2v) is 4.60. The first-order valence-corrected chi connectivity index (χ1v) is 7.06. The fourth-order valence-electron chi connectivity index (χ4n) is 1.85. The first kappa shape index (κ1) is 16.8. The Balaban J connectivity index is 2.13. The van der Waals surface area contributed by atoms with E-state index in [2.05, 4.69) is 15.8 Å². The summed E-state index contributed by atoms with van der Waals surface area (Å²) in [5.41, 5.74) is 10.7. The number of ether oxygens (including phenoxy) is 1. The molecule has 24 heavy (non-hydrogen) atoms. The first-order chi connectivity index (χ1) is 11.6. The minimum atomic E-state index is -0.684. The summed E-state index contributed by atoms with van der Waals surface area (Å²) in [6.45, 7) is 1.97.